The lowest BCUT2D eigenvalue weighted by Crippen LogP contribution is -2.30. The van der Waals surface area contributed by atoms with Crippen molar-refractivity contribution >= 4 is 17.9 Å². The number of rotatable bonds is 68. The van der Waals surface area contributed by atoms with Crippen LogP contribution in [-0.4, -0.2) is 37.2 Å². The average Bonchev–Trinajstić information content (AvgIpc) is 3.45. The third-order valence-corrected chi connectivity index (χ3v) is 16.8. The Hall–Kier alpha value is -1.85. The van der Waals surface area contributed by atoms with Crippen LogP contribution in [-0.2, 0) is 28.6 Å². The molecular formula is C73H140O6. The van der Waals surface area contributed by atoms with Crippen molar-refractivity contribution in [2.24, 2.45) is 0 Å². The first-order valence-corrected chi connectivity index (χ1v) is 36.2. The summed E-state index contributed by atoms with van der Waals surface area (Å²) in [6.45, 7) is 6.70. The zero-order valence-corrected chi connectivity index (χ0v) is 53.9. The van der Waals surface area contributed by atoms with Crippen LogP contribution >= 0.6 is 0 Å². The van der Waals surface area contributed by atoms with Gasteiger partial charge in [0.25, 0.3) is 0 Å². The average molecular weight is 1110 g/mol. The lowest BCUT2D eigenvalue weighted by Gasteiger charge is -2.18. The number of ether oxygens (including phenoxy) is 3. The fourth-order valence-corrected chi connectivity index (χ4v) is 11.3. The highest BCUT2D eigenvalue weighted by atomic mass is 16.6. The first-order chi connectivity index (χ1) is 39.0. The lowest BCUT2D eigenvalue weighted by atomic mass is 10.0. The van der Waals surface area contributed by atoms with Crippen molar-refractivity contribution in [2.75, 3.05) is 13.2 Å². The summed E-state index contributed by atoms with van der Waals surface area (Å²) in [5.74, 6) is -0.847. The minimum Gasteiger partial charge on any atom is -0.462 e. The molecule has 1 unspecified atom stereocenters. The molecule has 6 heteroatoms. The summed E-state index contributed by atoms with van der Waals surface area (Å²) in [4.78, 5) is 38.3. The fraction of sp³-hybridized carbons (Fsp3) is 0.932. The van der Waals surface area contributed by atoms with Crippen molar-refractivity contribution in [1.29, 1.82) is 0 Å². The molecule has 0 bridgehead atoms. The van der Waals surface area contributed by atoms with E-state index in [-0.39, 0.29) is 31.1 Å². The van der Waals surface area contributed by atoms with E-state index in [1.165, 1.54) is 315 Å². The molecule has 0 saturated carbocycles. The molecule has 79 heavy (non-hydrogen) atoms. The zero-order chi connectivity index (χ0) is 57.1. The topological polar surface area (TPSA) is 78.9 Å². The summed E-state index contributed by atoms with van der Waals surface area (Å²) in [7, 11) is 0. The highest BCUT2D eigenvalue weighted by molar-refractivity contribution is 5.71. The molecule has 0 N–H and O–H groups in total. The van der Waals surface area contributed by atoms with Gasteiger partial charge < -0.3 is 14.2 Å². The van der Waals surface area contributed by atoms with Crippen LogP contribution in [0.5, 0.6) is 0 Å². The van der Waals surface area contributed by atoms with Crippen LogP contribution in [0, 0.1) is 0 Å². The molecule has 468 valence electrons. The second kappa shape index (κ2) is 68.6. The van der Waals surface area contributed by atoms with Crippen molar-refractivity contribution in [3.05, 3.63) is 12.2 Å². The van der Waals surface area contributed by atoms with Gasteiger partial charge >= 0.3 is 17.9 Å². The van der Waals surface area contributed by atoms with Crippen LogP contribution in [0.15, 0.2) is 12.2 Å². The number of unbranched alkanes of at least 4 members (excludes halogenated alkanes) is 55. The molecule has 0 aromatic rings. The van der Waals surface area contributed by atoms with Gasteiger partial charge in [-0.15, -0.1) is 0 Å². The Bertz CT molecular complexity index is 1230. The minimum absolute atomic E-state index is 0.0671. The molecule has 0 aromatic carbocycles. The predicted octanol–water partition coefficient (Wildman–Crippen LogP) is 24.8. The molecule has 0 radical (unpaired) electrons. The maximum Gasteiger partial charge on any atom is 0.306 e. The van der Waals surface area contributed by atoms with Gasteiger partial charge in [-0.3, -0.25) is 14.4 Å². The molecule has 0 rings (SSSR count). The van der Waals surface area contributed by atoms with Gasteiger partial charge in [-0.25, -0.2) is 0 Å². The monoisotopic (exact) mass is 1110 g/mol. The number of esters is 3. The maximum absolute atomic E-state index is 12.9. The van der Waals surface area contributed by atoms with Crippen LogP contribution in [0.3, 0.4) is 0 Å². The van der Waals surface area contributed by atoms with E-state index in [1.54, 1.807) is 0 Å². The quantitative estimate of drug-likeness (QED) is 0.0261. The van der Waals surface area contributed by atoms with E-state index in [1.807, 2.05) is 0 Å². The Morgan fingerprint density at radius 3 is 0.633 bits per heavy atom. The largest absolute Gasteiger partial charge is 0.462 e. The summed E-state index contributed by atoms with van der Waals surface area (Å²) in [6, 6.07) is 0. The van der Waals surface area contributed by atoms with Gasteiger partial charge in [0.05, 0.1) is 0 Å². The van der Waals surface area contributed by atoms with Gasteiger partial charge in [0.15, 0.2) is 6.10 Å². The number of carbonyl (C=O) groups excluding carboxylic acids is 3. The van der Waals surface area contributed by atoms with Crippen LogP contribution in [0.25, 0.3) is 0 Å². The maximum atomic E-state index is 12.9. The molecule has 0 saturated heterocycles. The van der Waals surface area contributed by atoms with E-state index in [4.69, 9.17) is 14.2 Å². The number of carbonyl (C=O) groups is 3. The van der Waals surface area contributed by atoms with Gasteiger partial charge in [-0.2, -0.15) is 0 Å². The number of hydrogen-bond acceptors (Lipinski definition) is 6. The van der Waals surface area contributed by atoms with Crippen LogP contribution < -0.4 is 0 Å². The molecule has 0 aromatic heterocycles. The van der Waals surface area contributed by atoms with E-state index in [0.29, 0.717) is 19.3 Å². The SMILES string of the molecule is CCCCCCCC/C=C\CCCCCCCC(=O)OC(COC(=O)CCCCCCCCCCCCC)COC(=O)CCCCCCCCCCCCCCCCCCCCCCCCCCCCCCCCCCCCC. The predicted molar refractivity (Wildman–Crippen MR) is 344 cm³/mol. The molecule has 0 fully saturated rings. The highest BCUT2D eigenvalue weighted by Crippen LogP contribution is 2.19. The van der Waals surface area contributed by atoms with Crippen molar-refractivity contribution in [2.45, 2.75) is 425 Å². The normalized spacial score (nSPS) is 12.0. The van der Waals surface area contributed by atoms with E-state index < -0.39 is 6.10 Å². The molecule has 0 aliphatic rings. The standard InChI is InChI=1S/C73H140O6/c1-4-7-10-13-16-19-22-24-26-27-28-29-30-31-32-33-34-35-36-37-38-39-40-41-42-43-44-45-47-48-51-54-57-60-63-66-72(75)78-69-70(68-77-71(74)65-62-59-56-53-50-21-18-15-12-9-6-3)79-73(76)67-64-61-58-55-52-49-46-25-23-20-17-14-11-8-5-2/h25,46,70H,4-24,26-45,47-69H2,1-3H3/b46-25-. The van der Waals surface area contributed by atoms with Gasteiger partial charge in [0, 0.05) is 19.3 Å². The third-order valence-electron chi connectivity index (χ3n) is 16.8. The third kappa shape index (κ3) is 66.8. The van der Waals surface area contributed by atoms with Gasteiger partial charge in [-0.05, 0) is 44.9 Å². The van der Waals surface area contributed by atoms with Crippen LogP contribution in [0.2, 0.25) is 0 Å². The summed E-state index contributed by atoms with van der Waals surface area (Å²) in [5, 5.41) is 0. The Kier molecular flexibility index (Phi) is 67.0. The molecule has 0 amide bonds. The number of hydrogen-bond donors (Lipinski definition) is 0. The Labute approximate surface area is 494 Å². The van der Waals surface area contributed by atoms with Gasteiger partial charge in [0.2, 0.25) is 0 Å². The van der Waals surface area contributed by atoms with Crippen LogP contribution in [0.4, 0.5) is 0 Å². The molecular weight excluding hydrogens is 973 g/mol. The zero-order valence-electron chi connectivity index (χ0n) is 53.9. The molecule has 0 aliphatic carbocycles. The Morgan fingerprint density at radius 2 is 0.418 bits per heavy atom. The van der Waals surface area contributed by atoms with Crippen LogP contribution in [0.1, 0.15) is 419 Å². The number of allylic oxidation sites excluding steroid dienone is 2. The summed E-state index contributed by atoms with van der Waals surface area (Å²) in [6.07, 6.45) is 82.8. The summed E-state index contributed by atoms with van der Waals surface area (Å²) < 4.78 is 16.9. The van der Waals surface area contributed by atoms with E-state index >= 15 is 0 Å². The molecule has 6 nitrogen and oxygen atoms in total. The van der Waals surface area contributed by atoms with Crippen molar-refractivity contribution < 1.29 is 28.6 Å². The van der Waals surface area contributed by atoms with Gasteiger partial charge in [0.1, 0.15) is 13.2 Å². The molecule has 1 atom stereocenters. The minimum atomic E-state index is -0.770. The van der Waals surface area contributed by atoms with E-state index in [2.05, 4.69) is 32.9 Å². The molecule has 0 spiro atoms. The second-order valence-corrected chi connectivity index (χ2v) is 24.9. The highest BCUT2D eigenvalue weighted by Gasteiger charge is 2.19. The summed E-state index contributed by atoms with van der Waals surface area (Å²) in [5.41, 5.74) is 0. The smallest absolute Gasteiger partial charge is 0.306 e. The first-order valence-electron chi connectivity index (χ1n) is 36.2. The lowest BCUT2D eigenvalue weighted by molar-refractivity contribution is -0.167. The molecule has 0 heterocycles. The van der Waals surface area contributed by atoms with Crippen molar-refractivity contribution in [1.82, 2.24) is 0 Å². The van der Waals surface area contributed by atoms with E-state index in [0.717, 1.165) is 64.2 Å². The molecule has 0 aliphatic heterocycles. The van der Waals surface area contributed by atoms with E-state index in [9.17, 15) is 14.4 Å². The first kappa shape index (κ1) is 77.2. The second-order valence-electron chi connectivity index (χ2n) is 24.9. The Morgan fingerprint density at radius 1 is 0.241 bits per heavy atom. The fourth-order valence-electron chi connectivity index (χ4n) is 11.3. The van der Waals surface area contributed by atoms with Crippen molar-refractivity contribution in [3.63, 3.8) is 0 Å². The Balaban J connectivity index is 3.98. The van der Waals surface area contributed by atoms with Gasteiger partial charge in [-0.1, -0.05) is 367 Å². The summed E-state index contributed by atoms with van der Waals surface area (Å²) >= 11 is 0. The van der Waals surface area contributed by atoms with Crippen molar-refractivity contribution in [3.8, 4) is 0 Å².